The van der Waals surface area contributed by atoms with Gasteiger partial charge in [0.05, 0.1) is 11.3 Å². The molecule has 0 aliphatic carbocycles. The van der Waals surface area contributed by atoms with Crippen molar-refractivity contribution in [3.8, 4) is 0 Å². The first kappa shape index (κ1) is 16.1. The van der Waals surface area contributed by atoms with Gasteiger partial charge in [0, 0.05) is 27.6 Å². The lowest BCUT2D eigenvalue weighted by Gasteiger charge is -2.14. The molecule has 7 heteroatoms. The summed E-state index contributed by atoms with van der Waals surface area (Å²) in [5, 5.41) is 2.68. The van der Waals surface area contributed by atoms with Gasteiger partial charge in [-0.2, -0.15) is 0 Å². The number of carbonyl (C=O) groups is 1. The van der Waals surface area contributed by atoms with E-state index in [2.05, 4.69) is 5.32 Å². The Bertz CT molecular complexity index is 778. The number of rotatable bonds is 4. The van der Waals surface area contributed by atoms with Crippen molar-refractivity contribution < 1.29 is 17.8 Å². The molecule has 0 aromatic heterocycles. The fraction of sp³-hybridized carbons (Fsp3) is 0.133. The molecule has 4 nitrogen and oxygen atoms in total. The van der Waals surface area contributed by atoms with Crippen molar-refractivity contribution in [1.82, 2.24) is 0 Å². The van der Waals surface area contributed by atoms with Crippen molar-refractivity contribution in [3.63, 3.8) is 0 Å². The van der Waals surface area contributed by atoms with Gasteiger partial charge in [0.25, 0.3) is 5.91 Å². The first-order chi connectivity index (χ1) is 10.3. The summed E-state index contributed by atoms with van der Waals surface area (Å²) in [6.45, 7) is 1.72. The molecule has 0 aliphatic heterocycles. The number of nitrogens with two attached hydrogens (primary N) is 1. The van der Waals surface area contributed by atoms with Gasteiger partial charge in [-0.05, 0) is 42.8 Å². The van der Waals surface area contributed by atoms with Crippen LogP contribution in [0.15, 0.2) is 35.2 Å². The smallest absolute Gasteiger partial charge is 0.250 e. The number of nitrogens with one attached hydrogen (secondary N) is 1. The van der Waals surface area contributed by atoms with Gasteiger partial charge in [-0.3, -0.25) is 9.00 Å². The Hall–Kier alpha value is -2.28. The first-order valence-electron chi connectivity index (χ1n) is 6.30. The maximum absolute atomic E-state index is 14.0. The molecule has 3 N–H and O–H groups in total. The van der Waals surface area contributed by atoms with Crippen LogP contribution in [0.1, 0.15) is 15.9 Å². The van der Waals surface area contributed by atoms with E-state index >= 15 is 0 Å². The Morgan fingerprint density at radius 1 is 1.23 bits per heavy atom. The van der Waals surface area contributed by atoms with Crippen LogP contribution in [0.25, 0.3) is 0 Å². The molecule has 2 rings (SSSR count). The molecule has 2 aromatic carbocycles. The van der Waals surface area contributed by atoms with E-state index in [9.17, 15) is 17.8 Å². The molecular weight excluding hydrogens is 310 g/mol. The lowest BCUT2D eigenvalue weighted by Crippen LogP contribution is -2.15. The van der Waals surface area contributed by atoms with E-state index in [0.717, 1.165) is 12.1 Å². The lowest BCUT2D eigenvalue weighted by atomic mass is 10.1. The molecule has 0 fully saturated rings. The van der Waals surface area contributed by atoms with E-state index in [-0.39, 0.29) is 11.3 Å². The van der Waals surface area contributed by atoms with Gasteiger partial charge in [-0.25, -0.2) is 8.78 Å². The number of carbonyl (C=O) groups excluding carboxylic acids is 1. The van der Waals surface area contributed by atoms with Crippen molar-refractivity contribution in [2.45, 2.75) is 11.8 Å². The number of anilines is 2. The molecular formula is C15H14F2N2O2S. The van der Waals surface area contributed by atoms with Crippen molar-refractivity contribution in [2.24, 2.45) is 5.73 Å². The number of amides is 1. The second-order valence-corrected chi connectivity index (χ2v) is 6.08. The van der Waals surface area contributed by atoms with Gasteiger partial charge >= 0.3 is 0 Å². The number of aryl methyl sites for hydroxylation is 1. The summed E-state index contributed by atoms with van der Waals surface area (Å²) in [5.41, 5.74) is 5.84. The van der Waals surface area contributed by atoms with Crippen molar-refractivity contribution in [2.75, 3.05) is 11.6 Å². The minimum absolute atomic E-state index is 0.151. The molecule has 1 amide bonds. The summed E-state index contributed by atoms with van der Waals surface area (Å²) < 4.78 is 38.8. The normalized spacial score (nSPS) is 12.0. The average molecular weight is 324 g/mol. The van der Waals surface area contributed by atoms with Crippen molar-refractivity contribution >= 4 is 28.1 Å². The molecule has 0 aliphatic rings. The van der Waals surface area contributed by atoms with Crippen LogP contribution in [0.2, 0.25) is 0 Å². The van der Waals surface area contributed by atoms with Crippen LogP contribution in [-0.4, -0.2) is 16.4 Å². The van der Waals surface area contributed by atoms with Crippen LogP contribution in [-0.2, 0) is 10.8 Å². The largest absolute Gasteiger partial charge is 0.366 e. The van der Waals surface area contributed by atoms with Gasteiger partial charge in [0.1, 0.15) is 0 Å². The number of hydrogen-bond donors (Lipinski definition) is 2. The van der Waals surface area contributed by atoms with E-state index in [0.29, 0.717) is 16.1 Å². The van der Waals surface area contributed by atoms with E-state index in [1.165, 1.54) is 0 Å². The summed E-state index contributed by atoms with van der Waals surface area (Å²) in [6.07, 6.45) is 1.54. The Balaban J connectivity index is 2.49. The molecule has 0 saturated carbocycles. The molecule has 0 spiro atoms. The highest BCUT2D eigenvalue weighted by Gasteiger charge is 2.18. The predicted octanol–water partition coefficient (Wildman–Crippen LogP) is 2.85. The zero-order valence-electron chi connectivity index (χ0n) is 11.9. The van der Waals surface area contributed by atoms with Crippen LogP contribution in [0.3, 0.4) is 0 Å². The third kappa shape index (κ3) is 3.14. The number of primary amides is 1. The van der Waals surface area contributed by atoms with Gasteiger partial charge in [0.2, 0.25) is 0 Å². The van der Waals surface area contributed by atoms with Crippen LogP contribution >= 0.6 is 0 Å². The van der Waals surface area contributed by atoms with Crippen LogP contribution in [0.5, 0.6) is 0 Å². The molecule has 0 heterocycles. The standard InChI is InChI=1S/C15H14F2N2O2S/c1-8-7-9(22(2)21)3-6-12(8)19-14-10(15(18)20)4-5-11(16)13(14)17/h3-7,19H,1-2H3,(H2,18,20). The molecule has 0 bridgehead atoms. The maximum Gasteiger partial charge on any atom is 0.250 e. The number of hydrogen-bond acceptors (Lipinski definition) is 3. The Kier molecular flexibility index (Phi) is 4.56. The zero-order valence-corrected chi connectivity index (χ0v) is 12.8. The molecule has 0 saturated heterocycles. The Labute approximate surface area is 128 Å². The highest BCUT2D eigenvalue weighted by molar-refractivity contribution is 7.84. The van der Waals surface area contributed by atoms with E-state index < -0.39 is 28.3 Å². The molecule has 2 aromatic rings. The quantitative estimate of drug-likeness (QED) is 0.908. The molecule has 1 atom stereocenters. The minimum atomic E-state index is -1.18. The summed E-state index contributed by atoms with van der Waals surface area (Å²) in [7, 11) is -1.15. The average Bonchev–Trinajstić information content (AvgIpc) is 2.45. The third-order valence-corrected chi connectivity index (χ3v) is 4.07. The van der Waals surface area contributed by atoms with E-state index in [1.54, 1.807) is 31.4 Å². The summed E-state index contributed by atoms with van der Waals surface area (Å²) in [4.78, 5) is 12.0. The predicted molar refractivity (Wildman–Crippen MR) is 81.7 cm³/mol. The molecule has 22 heavy (non-hydrogen) atoms. The van der Waals surface area contributed by atoms with Crippen molar-refractivity contribution in [3.05, 3.63) is 53.1 Å². The fourth-order valence-electron chi connectivity index (χ4n) is 1.97. The van der Waals surface area contributed by atoms with Crippen molar-refractivity contribution in [1.29, 1.82) is 0 Å². The Morgan fingerprint density at radius 2 is 1.91 bits per heavy atom. The summed E-state index contributed by atoms with van der Waals surface area (Å²) >= 11 is 0. The van der Waals surface area contributed by atoms with Crippen LogP contribution in [0.4, 0.5) is 20.2 Å². The molecule has 0 radical (unpaired) electrons. The molecule has 116 valence electrons. The summed E-state index contributed by atoms with van der Waals surface area (Å²) in [5.74, 6) is -3.14. The zero-order chi connectivity index (χ0) is 16.4. The Morgan fingerprint density at radius 3 is 2.45 bits per heavy atom. The number of benzene rings is 2. The monoisotopic (exact) mass is 324 g/mol. The fourth-order valence-corrected chi connectivity index (χ4v) is 2.57. The van der Waals surface area contributed by atoms with E-state index in [4.69, 9.17) is 5.73 Å². The first-order valence-corrected chi connectivity index (χ1v) is 7.86. The topological polar surface area (TPSA) is 72.2 Å². The second-order valence-electron chi connectivity index (χ2n) is 4.70. The van der Waals surface area contributed by atoms with E-state index in [1.807, 2.05) is 0 Å². The van der Waals surface area contributed by atoms with Crippen LogP contribution < -0.4 is 11.1 Å². The van der Waals surface area contributed by atoms with Gasteiger partial charge < -0.3 is 11.1 Å². The minimum Gasteiger partial charge on any atom is -0.366 e. The van der Waals surface area contributed by atoms with Gasteiger partial charge in [-0.15, -0.1) is 0 Å². The lowest BCUT2D eigenvalue weighted by molar-refractivity contribution is 0.100. The highest BCUT2D eigenvalue weighted by Crippen LogP contribution is 2.28. The SMILES string of the molecule is Cc1cc(S(C)=O)ccc1Nc1c(C(N)=O)ccc(F)c1F. The van der Waals surface area contributed by atoms with Crippen LogP contribution in [0, 0.1) is 18.6 Å². The highest BCUT2D eigenvalue weighted by atomic mass is 32.2. The van der Waals surface area contributed by atoms with Gasteiger partial charge in [-0.1, -0.05) is 0 Å². The third-order valence-electron chi connectivity index (χ3n) is 3.15. The molecule has 1 unspecified atom stereocenters. The second kappa shape index (κ2) is 6.23. The van der Waals surface area contributed by atoms with Gasteiger partial charge in [0.15, 0.2) is 11.6 Å². The summed E-state index contributed by atoms with van der Waals surface area (Å²) in [6, 6.07) is 6.82. The maximum atomic E-state index is 14.0. The number of halogens is 2.